The second kappa shape index (κ2) is 11.0. The molecule has 36 heavy (non-hydrogen) atoms. The molecule has 1 saturated heterocycles. The highest BCUT2D eigenvalue weighted by Gasteiger charge is 2.27. The summed E-state index contributed by atoms with van der Waals surface area (Å²) in [5.74, 6) is -2.42. The lowest BCUT2D eigenvalue weighted by molar-refractivity contribution is -0.126. The molecule has 7 nitrogen and oxygen atoms in total. The number of anilines is 1. The number of halogens is 2. The highest BCUT2D eigenvalue weighted by Crippen LogP contribution is 2.32. The van der Waals surface area contributed by atoms with Crippen molar-refractivity contribution in [2.45, 2.75) is 32.2 Å². The van der Waals surface area contributed by atoms with Gasteiger partial charge in [0.05, 0.1) is 17.1 Å². The predicted octanol–water partition coefficient (Wildman–Crippen LogP) is 4.55. The number of likely N-dealkylation sites (tertiary alicyclic amines) is 1. The lowest BCUT2D eigenvalue weighted by atomic mass is 10.1. The molecule has 0 aliphatic carbocycles. The van der Waals surface area contributed by atoms with Crippen molar-refractivity contribution in [1.29, 1.82) is 0 Å². The Labute approximate surface area is 209 Å². The molecule has 1 fully saturated rings. The Morgan fingerprint density at radius 2 is 1.97 bits per heavy atom. The molecule has 4 rings (SSSR count). The number of amides is 2. The molecule has 1 unspecified atom stereocenters. The molecule has 1 aliphatic rings. The van der Waals surface area contributed by atoms with Crippen molar-refractivity contribution < 1.29 is 18.4 Å². The van der Waals surface area contributed by atoms with Gasteiger partial charge in [0.25, 0.3) is 5.91 Å². The van der Waals surface area contributed by atoms with Crippen molar-refractivity contribution in [2.75, 3.05) is 39.0 Å². The van der Waals surface area contributed by atoms with Crippen LogP contribution < -0.4 is 5.32 Å². The molecule has 2 aromatic carbocycles. The average molecular weight is 496 g/mol. The van der Waals surface area contributed by atoms with Crippen molar-refractivity contribution >= 4 is 28.8 Å². The highest BCUT2D eigenvalue weighted by molar-refractivity contribution is 6.04. The average Bonchev–Trinajstić information content (AvgIpc) is 3.02. The van der Waals surface area contributed by atoms with Gasteiger partial charge in [0.15, 0.2) is 11.6 Å². The Hall–Kier alpha value is -3.59. The van der Waals surface area contributed by atoms with Gasteiger partial charge in [-0.05, 0) is 70.1 Å². The number of nitrogens with one attached hydrogen (secondary N) is 1. The van der Waals surface area contributed by atoms with Gasteiger partial charge in [-0.3, -0.25) is 14.9 Å². The van der Waals surface area contributed by atoms with E-state index >= 15 is 0 Å². The lowest BCUT2D eigenvalue weighted by Gasteiger charge is -2.26. The van der Waals surface area contributed by atoms with Crippen molar-refractivity contribution in [2.24, 2.45) is 0 Å². The van der Waals surface area contributed by atoms with Crippen LogP contribution in [0.4, 0.5) is 14.7 Å². The topological polar surface area (TPSA) is 70.5 Å². The molecule has 0 saturated carbocycles. The summed E-state index contributed by atoms with van der Waals surface area (Å²) in [7, 11) is 3.89. The van der Waals surface area contributed by atoms with Crippen LogP contribution in [0, 0.1) is 18.6 Å². The first-order valence-corrected chi connectivity index (χ1v) is 12.1. The summed E-state index contributed by atoms with van der Waals surface area (Å²) < 4.78 is 29.1. The van der Waals surface area contributed by atoms with Gasteiger partial charge in [-0.1, -0.05) is 18.2 Å². The van der Waals surface area contributed by atoms with Crippen LogP contribution in [-0.4, -0.2) is 64.9 Å². The van der Waals surface area contributed by atoms with Gasteiger partial charge in [0.1, 0.15) is 0 Å². The molecule has 3 aromatic rings. The molecule has 1 aliphatic heterocycles. The SMILES string of the molecule is Cc1cccc2nc(NC(=O)c3ccc(F)c(F)c3)n(C3CCCCN(C(=O)C=CCN(C)C)C3)c12. The van der Waals surface area contributed by atoms with E-state index in [1.54, 1.807) is 6.08 Å². The summed E-state index contributed by atoms with van der Waals surface area (Å²) in [4.78, 5) is 34.4. The monoisotopic (exact) mass is 495 g/mol. The van der Waals surface area contributed by atoms with E-state index in [1.165, 1.54) is 6.07 Å². The number of carbonyl (C=O) groups excluding carboxylic acids is 2. The molecule has 1 N–H and O–H groups in total. The second-order valence-electron chi connectivity index (χ2n) is 9.43. The molecular formula is C27H31F2N5O2. The molecule has 9 heteroatoms. The van der Waals surface area contributed by atoms with Crippen molar-refractivity contribution in [3.05, 3.63) is 71.3 Å². The van der Waals surface area contributed by atoms with E-state index in [1.807, 2.05) is 59.7 Å². The van der Waals surface area contributed by atoms with Crippen molar-refractivity contribution in [3.8, 4) is 0 Å². The number of rotatable bonds is 6. The van der Waals surface area contributed by atoms with Crippen LogP contribution in [0.5, 0.6) is 0 Å². The summed E-state index contributed by atoms with van der Waals surface area (Å²) in [6.45, 7) is 3.78. The second-order valence-corrected chi connectivity index (χ2v) is 9.43. The summed E-state index contributed by atoms with van der Waals surface area (Å²) in [6.07, 6.45) is 6.07. The van der Waals surface area contributed by atoms with E-state index in [0.29, 0.717) is 31.1 Å². The first kappa shape index (κ1) is 25.5. The summed E-state index contributed by atoms with van der Waals surface area (Å²) >= 11 is 0. The molecule has 2 heterocycles. The van der Waals surface area contributed by atoms with E-state index in [4.69, 9.17) is 0 Å². The van der Waals surface area contributed by atoms with Crippen LogP contribution in [0.25, 0.3) is 11.0 Å². The number of imidazole rings is 1. The molecular weight excluding hydrogens is 464 g/mol. The van der Waals surface area contributed by atoms with E-state index in [9.17, 15) is 18.4 Å². The highest BCUT2D eigenvalue weighted by atomic mass is 19.2. The molecule has 1 atom stereocenters. The zero-order valence-electron chi connectivity index (χ0n) is 20.8. The molecule has 0 spiro atoms. The first-order chi connectivity index (χ1) is 17.2. The van der Waals surface area contributed by atoms with Crippen LogP contribution in [0.3, 0.4) is 0 Å². The van der Waals surface area contributed by atoms with Gasteiger partial charge in [-0.2, -0.15) is 0 Å². The number of aromatic nitrogens is 2. The largest absolute Gasteiger partial charge is 0.337 e. The zero-order chi connectivity index (χ0) is 25.8. The van der Waals surface area contributed by atoms with Crippen LogP contribution in [0.1, 0.15) is 41.2 Å². The maximum Gasteiger partial charge on any atom is 0.258 e. The minimum atomic E-state index is -1.09. The van der Waals surface area contributed by atoms with Gasteiger partial charge in [-0.25, -0.2) is 13.8 Å². The Bertz CT molecular complexity index is 1300. The maximum absolute atomic E-state index is 13.7. The minimum absolute atomic E-state index is 0.00655. The lowest BCUT2D eigenvalue weighted by Crippen LogP contribution is -2.35. The number of fused-ring (bicyclic) bond motifs is 1. The van der Waals surface area contributed by atoms with Gasteiger partial charge in [0, 0.05) is 31.3 Å². The number of para-hydroxylation sites is 1. The van der Waals surface area contributed by atoms with Crippen LogP contribution in [0.15, 0.2) is 48.6 Å². The molecule has 190 valence electrons. The summed E-state index contributed by atoms with van der Waals surface area (Å²) in [6, 6.07) is 8.66. The van der Waals surface area contributed by atoms with E-state index < -0.39 is 17.5 Å². The van der Waals surface area contributed by atoms with Crippen LogP contribution in [0.2, 0.25) is 0 Å². The van der Waals surface area contributed by atoms with Gasteiger partial charge >= 0.3 is 0 Å². The fourth-order valence-electron chi connectivity index (χ4n) is 4.58. The molecule has 0 radical (unpaired) electrons. The van der Waals surface area contributed by atoms with Crippen molar-refractivity contribution in [1.82, 2.24) is 19.4 Å². The molecule has 0 bridgehead atoms. The quantitative estimate of drug-likeness (QED) is 0.510. The zero-order valence-corrected chi connectivity index (χ0v) is 20.8. The minimum Gasteiger partial charge on any atom is -0.337 e. The smallest absolute Gasteiger partial charge is 0.258 e. The van der Waals surface area contributed by atoms with Gasteiger partial charge in [0.2, 0.25) is 11.9 Å². The molecule has 2 amide bonds. The number of hydrogen-bond acceptors (Lipinski definition) is 4. The third-order valence-electron chi connectivity index (χ3n) is 6.37. The van der Waals surface area contributed by atoms with Crippen molar-refractivity contribution in [3.63, 3.8) is 0 Å². The Morgan fingerprint density at radius 3 is 2.72 bits per heavy atom. The third kappa shape index (κ3) is 5.62. The Balaban J connectivity index is 1.68. The summed E-state index contributed by atoms with van der Waals surface area (Å²) in [5.41, 5.74) is 2.57. The van der Waals surface area contributed by atoms with Crippen LogP contribution >= 0.6 is 0 Å². The van der Waals surface area contributed by atoms with Gasteiger partial charge in [-0.15, -0.1) is 0 Å². The first-order valence-electron chi connectivity index (χ1n) is 12.1. The number of hydrogen-bond donors (Lipinski definition) is 1. The summed E-state index contributed by atoms with van der Waals surface area (Å²) in [5, 5.41) is 2.80. The number of likely N-dealkylation sites (N-methyl/N-ethyl adjacent to an activating group) is 1. The normalized spacial score (nSPS) is 16.6. The Kier molecular flexibility index (Phi) is 7.79. The standard InChI is InChI=1S/C27H31F2N5O2/c1-18-8-6-10-23-25(18)34(27(30-23)31-26(36)19-12-13-21(28)22(29)16-19)20-9-4-5-15-33(17-20)24(35)11-7-14-32(2)3/h6-8,10-13,16,20H,4-5,9,14-15,17H2,1-3H3,(H,30,31,36). The van der Waals surface area contributed by atoms with Gasteiger partial charge < -0.3 is 14.4 Å². The maximum atomic E-state index is 13.7. The van der Waals surface area contributed by atoms with E-state index in [2.05, 4.69) is 10.3 Å². The fraction of sp³-hybridized carbons (Fsp3) is 0.370. The fourth-order valence-corrected chi connectivity index (χ4v) is 4.58. The van der Waals surface area contributed by atoms with Crippen LogP contribution in [-0.2, 0) is 4.79 Å². The molecule has 1 aromatic heterocycles. The predicted molar refractivity (Wildman–Crippen MR) is 136 cm³/mol. The number of benzene rings is 2. The Morgan fingerprint density at radius 1 is 1.17 bits per heavy atom. The number of carbonyl (C=O) groups is 2. The number of nitrogens with zero attached hydrogens (tertiary/aromatic N) is 4. The number of aryl methyl sites for hydroxylation is 1. The van der Waals surface area contributed by atoms with E-state index in [0.717, 1.165) is 42.5 Å². The third-order valence-corrected chi connectivity index (χ3v) is 6.37. The van der Waals surface area contributed by atoms with E-state index in [-0.39, 0.29) is 17.5 Å².